The Morgan fingerprint density at radius 1 is 1.30 bits per heavy atom. The first-order valence-electron chi connectivity index (χ1n) is 5.94. The van der Waals surface area contributed by atoms with Crippen LogP contribution in [0.4, 0.5) is 0 Å². The summed E-state index contributed by atoms with van der Waals surface area (Å²) in [5.74, 6) is 0. The minimum Gasteiger partial charge on any atom is -0.297 e. The highest BCUT2D eigenvalue weighted by Crippen LogP contribution is 2.20. The zero-order valence-corrected chi connectivity index (χ0v) is 14.2. The van der Waals surface area contributed by atoms with E-state index in [-0.39, 0.29) is 10.7 Å². The Balaban J connectivity index is 2.77. The van der Waals surface area contributed by atoms with Crippen molar-refractivity contribution in [1.29, 1.82) is 0 Å². The molecule has 2 aromatic rings. The van der Waals surface area contributed by atoms with Gasteiger partial charge in [-0.15, -0.1) is 0 Å². The molecule has 1 aromatic carbocycles. The van der Waals surface area contributed by atoms with Crippen molar-refractivity contribution in [3.8, 4) is 5.69 Å². The summed E-state index contributed by atoms with van der Waals surface area (Å²) in [4.78, 5) is 27.0. The molecule has 0 aliphatic carbocycles. The molecule has 0 amide bonds. The second-order valence-corrected chi connectivity index (χ2v) is 6.19. The number of aromatic nitrogens is 2. The van der Waals surface area contributed by atoms with E-state index in [4.69, 9.17) is 23.2 Å². The Labute approximate surface area is 138 Å². The molecule has 0 fully saturated rings. The van der Waals surface area contributed by atoms with Crippen LogP contribution in [0.2, 0.25) is 10.2 Å². The highest BCUT2D eigenvalue weighted by atomic mass is 127. The van der Waals surface area contributed by atoms with E-state index in [1.807, 2.05) is 29.5 Å². The van der Waals surface area contributed by atoms with Crippen LogP contribution < -0.4 is 11.2 Å². The van der Waals surface area contributed by atoms with Crippen molar-refractivity contribution in [2.45, 2.75) is 19.8 Å². The van der Waals surface area contributed by atoms with Crippen molar-refractivity contribution < 1.29 is 0 Å². The number of hydrogen-bond acceptors (Lipinski definition) is 2. The van der Waals surface area contributed by atoms with E-state index in [1.165, 1.54) is 0 Å². The summed E-state index contributed by atoms with van der Waals surface area (Å²) in [6.45, 7) is 1.94. The van der Waals surface area contributed by atoms with E-state index in [1.54, 1.807) is 18.2 Å². The lowest BCUT2D eigenvalue weighted by atomic mass is 10.2. The molecule has 0 aliphatic heterocycles. The van der Waals surface area contributed by atoms with Gasteiger partial charge >= 0.3 is 5.69 Å². The number of hydrogen-bond donors (Lipinski definition) is 1. The van der Waals surface area contributed by atoms with Gasteiger partial charge in [-0.25, -0.2) is 9.36 Å². The van der Waals surface area contributed by atoms with Gasteiger partial charge in [0.15, 0.2) is 0 Å². The molecule has 0 atom stereocenters. The smallest absolute Gasteiger partial charge is 0.297 e. The van der Waals surface area contributed by atoms with Gasteiger partial charge in [0.25, 0.3) is 5.56 Å². The number of benzene rings is 1. The van der Waals surface area contributed by atoms with E-state index < -0.39 is 5.69 Å². The third-order valence-electron chi connectivity index (χ3n) is 2.80. The Bertz CT molecular complexity index is 768. The second-order valence-electron chi connectivity index (χ2n) is 4.21. The van der Waals surface area contributed by atoms with Gasteiger partial charge < -0.3 is 0 Å². The number of nitrogens with zero attached hydrogens (tertiary/aromatic N) is 1. The van der Waals surface area contributed by atoms with Crippen molar-refractivity contribution in [3.05, 3.63) is 58.3 Å². The number of halogens is 3. The molecule has 20 heavy (non-hydrogen) atoms. The van der Waals surface area contributed by atoms with Gasteiger partial charge in [0.1, 0.15) is 5.15 Å². The van der Waals surface area contributed by atoms with Crippen molar-refractivity contribution >= 4 is 45.8 Å². The van der Waals surface area contributed by atoms with Gasteiger partial charge in [-0.3, -0.25) is 9.78 Å². The summed E-state index contributed by atoms with van der Waals surface area (Å²) < 4.78 is 1.81. The molecule has 2 rings (SSSR count). The van der Waals surface area contributed by atoms with E-state index in [9.17, 15) is 9.59 Å². The fraction of sp³-hybridized carbons (Fsp3) is 0.231. The maximum Gasteiger partial charge on any atom is 0.334 e. The van der Waals surface area contributed by atoms with Crippen LogP contribution >= 0.6 is 45.8 Å². The van der Waals surface area contributed by atoms with Gasteiger partial charge in [0.05, 0.1) is 11.3 Å². The van der Waals surface area contributed by atoms with Crippen LogP contribution in [0, 0.1) is 3.57 Å². The van der Waals surface area contributed by atoms with Gasteiger partial charge in [-0.1, -0.05) is 36.5 Å². The van der Waals surface area contributed by atoms with E-state index >= 15 is 0 Å². The fourth-order valence-corrected chi connectivity index (χ4v) is 3.26. The van der Waals surface area contributed by atoms with Crippen molar-refractivity contribution in [1.82, 2.24) is 9.55 Å². The van der Waals surface area contributed by atoms with Crippen LogP contribution in [-0.4, -0.2) is 9.55 Å². The Morgan fingerprint density at radius 2 is 2.00 bits per heavy atom. The third kappa shape index (κ3) is 2.94. The summed E-state index contributed by atoms with van der Waals surface area (Å²) in [6, 6.07) is 4.97. The molecule has 0 radical (unpaired) electrons. The predicted molar refractivity (Wildman–Crippen MR) is 89.4 cm³/mol. The van der Waals surface area contributed by atoms with Gasteiger partial charge in [-0.2, -0.15) is 0 Å². The molecule has 4 nitrogen and oxygen atoms in total. The summed E-state index contributed by atoms with van der Waals surface area (Å²) in [5, 5.41) is 0.660. The maximum atomic E-state index is 12.5. The van der Waals surface area contributed by atoms with Crippen molar-refractivity contribution in [3.63, 3.8) is 0 Å². The second kappa shape index (κ2) is 6.32. The van der Waals surface area contributed by atoms with Gasteiger partial charge in [0.2, 0.25) is 0 Å². The lowest BCUT2D eigenvalue weighted by Gasteiger charge is -2.10. The quantitative estimate of drug-likeness (QED) is 0.606. The Hall–Kier alpha value is -0.790. The van der Waals surface area contributed by atoms with Crippen LogP contribution in [0.1, 0.15) is 18.9 Å². The first kappa shape index (κ1) is 15.6. The Morgan fingerprint density at radius 3 is 2.60 bits per heavy atom. The minimum absolute atomic E-state index is 0.113. The number of rotatable bonds is 3. The maximum absolute atomic E-state index is 12.5. The Kier molecular flexibility index (Phi) is 4.93. The molecule has 106 valence electrons. The van der Waals surface area contributed by atoms with Crippen LogP contribution in [0.3, 0.4) is 0 Å². The zero-order chi connectivity index (χ0) is 14.9. The van der Waals surface area contributed by atoms with Crippen molar-refractivity contribution in [2.24, 2.45) is 0 Å². The highest BCUT2D eigenvalue weighted by molar-refractivity contribution is 14.1. The van der Waals surface area contributed by atoms with Crippen molar-refractivity contribution in [2.75, 3.05) is 0 Å². The van der Waals surface area contributed by atoms with E-state index in [0.717, 1.165) is 11.0 Å². The topological polar surface area (TPSA) is 54.9 Å². The average molecular weight is 425 g/mol. The minimum atomic E-state index is -0.555. The highest BCUT2D eigenvalue weighted by Gasteiger charge is 2.15. The normalized spacial score (nSPS) is 10.8. The lowest BCUT2D eigenvalue weighted by molar-refractivity contribution is 0.809. The number of aromatic amines is 1. The SMILES string of the molecule is CCCc1c(Cl)[nH]c(=O)n(-c2ccc(Cl)cc2I)c1=O. The van der Waals surface area contributed by atoms with Crippen LogP contribution in [0.15, 0.2) is 27.8 Å². The van der Waals surface area contributed by atoms with E-state index in [2.05, 4.69) is 4.98 Å². The van der Waals surface area contributed by atoms with Crippen LogP contribution in [0.25, 0.3) is 5.69 Å². The molecule has 1 heterocycles. The molecular weight excluding hydrogens is 414 g/mol. The number of nitrogens with one attached hydrogen (secondary N) is 1. The molecule has 0 bridgehead atoms. The average Bonchev–Trinajstić information content (AvgIpc) is 2.37. The number of H-pyrrole nitrogens is 1. The summed E-state index contributed by atoms with van der Waals surface area (Å²) in [5.41, 5.74) is -0.0317. The molecule has 0 aliphatic rings. The molecule has 0 spiro atoms. The lowest BCUT2D eigenvalue weighted by Crippen LogP contribution is -2.36. The van der Waals surface area contributed by atoms with E-state index in [0.29, 0.717) is 26.3 Å². The summed E-state index contributed by atoms with van der Waals surface area (Å²) in [7, 11) is 0. The monoisotopic (exact) mass is 424 g/mol. The van der Waals surface area contributed by atoms with Crippen LogP contribution in [0.5, 0.6) is 0 Å². The largest absolute Gasteiger partial charge is 0.334 e. The molecule has 0 unspecified atom stereocenters. The molecule has 0 saturated carbocycles. The predicted octanol–water partition coefficient (Wildman–Crippen LogP) is 3.39. The zero-order valence-electron chi connectivity index (χ0n) is 10.5. The van der Waals surface area contributed by atoms with Gasteiger partial charge in [-0.05, 0) is 47.2 Å². The standard InChI is InChI=1S/C13H11Cl2IN2O2/c1-2-3-8-11(15)17-13(20)18(12(8)19)10-5-4-7(14)6-9(10)16/h4-6H,2-3H2,1H3,(H,17,20). The molecule has 1 aromatic heterocycles. The molecule has 0 saturated heterocycles. The third-order valence-corrected chi connectivity index (χ3v) is 4.22. The molecule has 1 N–H and O–H groups in total. The fourth-order valence-electron chi connectivity index (χ4n) is 1.89. The van der Waals surface area contributed by atoms with Gasteiger partial charge in [0, 0.05) is 8.59 Å². The van der Waals surface area contributed by atoms with Crippen LogP contribution in [-0.2, 0) is 6.42 Å². The summed E-state index contributed by atoms with van der Waals surface area (Å²) in [6.07, 6.45) is 1.28. The first-order chi connectivity index (χ1) is 9.45. The molecular formula is C13H11Cl2IN2O2. The summed E-state index contributed by atoms with van der Waals surface area (Å²) >= 11 is 13.9. The molecule has 7 heteroatoms. The first-order valence-corrected chi connectivity index (χ1v) is 7.78.